The Morgan fingerprint density at radius 3 is 2.48 bits per heavy atom. The van der Waals surface area contributed by atoms with E-state index in [0.29, 0.717) is 16.4 Å². The van der Waals surface area contributed by atoms with Gasteiger partial charge in [0.1, 0.15) is 0 Å². The van der Waals surface area contributed by atoms with Gasteiger partial charge in [-0.1, -0.05) is 17.7 Å². The standard InChI is InChI=1S/C21H18ClF3N4O2/c1-12-9-18(30)19(20(31)26-16-11-14(22)7-8-17(16)28(2)3)27-29(12)15-6-4-5-13(10-15)21(23,24)25/h4-11H,1-3H3,(H,26,31). The van der Waals surface area contributed by atoms with Crippen LogP contribution in [0.1, 0.15) is 21.7 Å². The normalized spacial score (nSPS) is 11.3. The molecule has 1 heterocycles. The molecule has 0 saturated heterocycles. The van der Waals surface area contributed by atoms with Crippen LogP contribution in [-0.4, -0.2) is 29.8 Å². The van der Waals surface area contributed by atoms with Crippen molar-refractivity contribution >= 4 is 28.9 Å². The highest BCUT2D eigenvalue weighted by Gasteiger charge is 2.30. The molecule has 0 saturated carbocycles. The number of rotatable bonds is 4. The van der Waals surface area contributed by atoms with E-state index >= 15 is 0 Å². The quantitative estimate of drug-likeness (QED) is 0.634. The van der Waals surface area contributed by atoms with Crippen molar-refractivity contribution in [3.63, 3.8) is 0 Å². The third-order valence-electron chi connectivity index (χ3n) is 4.43. The van der Waals surface area contributed by atoms with Gasteiger partial charge in [0, 0.05) is 30.9 Å². The molecule has 10 heteroatoms. The summed E-state index contributed by atoms with van der Waals surface area (Å²) in [4.78, 5) is 27.0. The molecule has 3 rings (SSSR count). The number of carbonyl (C=O) groups excluding carboxylic acids is 1. The summed E-state index contributed by atoms with van der Waals surface area (Å²) < 4.78 is 40.3. The van der Waals surface area contributed by atoms with Crippen LogP contribution in [0.5, 0.6) is 0 Å². The fourth-order valence-corrected chi connectivity index (χ4v) is 3.13. The SMILES string of the molecule is Cc1cc(=O)c(C(=O)Nc2cc(Cl)ccc2N(C)C)nn1-c1cccc(C(F)(F)F)c1. The fraction of sp³-hybridized carbons (Fsp3) is 0.190. The molecule has 2 aromatic carbocycles. The van der Waals surface area contributed by atoms with Crippen LogP contribution in [0.2, 0.25) is 5.02 Å². The minimum Gasteiger partial charge on any atom is -0.376 e. The van der Waals surface area contributed by atoms with Crippen molar-refractivity contribution in [1.82, 2.24) is 9.78 Å². The smallest absolute Gasteiger partial charge is 0.376 e. The number of benzene rings is 2. The minimum atomic E-state index is -4.54. The number of nitrogens with zero attached hydrogens (tertiary/aromatic N) is 3. The molecule has 3 aromatic rings. The van der Waals surface area contributed by atoms with E-state index in [0.717, 1.165) is 22.9 Å². The molecule has 0 aliphatic rings. The molecule has 0 radical (unpaired) electrons. The summed E-state index contributed by atoms with van der Waals surface area (Å²) in [7, 11) is 3.54. The predicted molar refractivity (Wildman–Crippen MR) is 113 cm³/mol. The fourth-order valence-electron chi connectivity index (χ4n) is 2.96. The Morgan fingerprint density at radius 2 is 1.84 bits per heavy atom. The molecule has 1 aromatic heterocycles. The Kier molecular flexibility index (Phi) is 6.08. The first-order valence-electron chi connectivity index (χ1n) is 9.04. The molecular weight excluding hydrogens is 433 g/mol. The van der Waals surface area contributed by atoms with Crippen molar-refractivity contribution in [3.8, 4) is 5.69 Å². The average molecular weight is 451 g/mol. The molecule has 0 spiro atoms. The van der Waals surface area contributed by atoms with Gasteiger partial charge in [0.25, 0.3) is 5.91 Å². The van der Waals surface area contributed by atoms with Crippen LogP contribution in [0.3, 0.4) is 0 Å². The zero-order valence-corrected chi connectivity index (χ0v) is 17.5. The lowest BCUT2D eigenvalue weighted by Gasteiger charge is -2.18. The van der Waals surface area contributed by atoms with E-state index in [4.69, 9.17) is 11.6 Å². The third kappa shape index (κ3) is 4.88. The van der Waals surface area contributed by atoms with E-state index in [-0.39, 0.29) is 11.4 Å². The number of hydrogen-bond acceptors (Lipinski definition) is 4. The van der Waals surface area contributed by atoms with Crippen LogP contribution in [0.4, 0.5) is 24.5 Å². The molecule has 0 fully saturated rings. The first kappa shape index (κ1) is 22.4. The number of nitrogens with one attached hydrogen (secondary N) is 1. The molecule has 162 valence electrons. The molecule has 31 heavy (non-hydrogen) atoms. The van der Waals surface area contributed by atoms with Crippen LogP contribution < -0.4 is 15.6 Å². The third-order valence-corrected chi connectivity index (χ3v) is 4.66. The molecule has 0 unspecified atom stereocenters. The van der Waals surface area contributed by atoms with Gasteiger partial charge in [-0.2, -0.15) is 18.3 Å². The first-order valence-corrected chi connectivity index (χ1v) is 9.42. The van der Waals surface area contributed by atoms with Gasteiger partial charge in [-0.15, -0.1) is 0 Å². The summed E-state index contributed by atoms with van der Waals surface area (Å²) in [5.74, 6) is -0.809. The molecule has 1 amide bonds. The maximum atomic E-state index is 13.1. The second kappa shape index (κ2) is 8.43. The van der Waals surface area contributed by atoms with Gasteiger partial charge < -0.3 is 10.2 Å². The van der Waals surface area contributed by atoms with Crippen LogP contribution in [0.25, 0.3) is 5.69 Å². The Morgan fingerprint density at radius 1 is 1.13 bits per heavy atom. The van der Waals surface area contributed by atoms with E-state index in [9.17, 15) is 22.8 Å². The Bertz CT molecular complexity index is 1210. The maximum absolute atomic E-state index is 13.1. The highest BCUT2D eigenvalue weighted by atomic mass is 35.5. The van der Waals surface area contributed by atoms with E-state index in [2.05, 4.69) is 10.4 Å². The van der Waals surface area contributed by atoms with Crippen molar-refractivity contribution < 1.29 is 18.0 Å². The number of hydrogen-bond donors (Lipinski definition) is 1. The monoisotopic (exact) mass is 450 g/mol. The molecule has 6 nitrogen and oxygen atoms in total. The van der Waals surface area contributed by atoms with Crippen molar-refractivity contribution in [2.45, 2.75) is 13.1 Å². The number of aromatic nitrogens is 2. The van der Waals surface area contributed by atoms with Gasteiger partial charge in [0.2, 0.25) is 5.43 Å². The summed E-state index contributed by atoms with van der Waals surface area (Å²) in [5, 5.41) is 7.01. The van der Waals surface area contributed by atoms with Crippen molar-refractivity contribution in [1.29, 1.82) is 0 Å². The maximum Gasteiger partial charge on any atom is 0.416 e. The van der Waals surface area contributed by atoms with E-state index in [1.807, 2.05) is 0 Å². The summed E-state index contributed by atoms with van der Waals surface area (Å²) in [5.41, 5.74) is -0.654. The number of aryl methyl sites for hydroxylation is 1. The minimum absolute atomic E-state index is 0.0677. The molecule has 0 bridgehead atoms. The van der Waals surface area contributed by atoms with Gasteiger partial charge in [0.05, 0.1) is 22.6 Å². The summed E-state index contributed by atoms with van der Waals surface area (Å²) in [6, 6.07) is 10.5. The van der Waals surface area contributed by atoms with Crippen LogP contribution in [-0.2, 0) is 6.18 Å². The highest BCUT2D eigenvalue weighted by Crippen LogP contribution is 2.30. The molecule has 0 aliphatic heterocycles. The van der Waals surface area contributed by atoms with Crippen LogP contribution in [0, 0.1) is 6.92 Å². The van der Waals surface area contributed by atoms with Gasteiger partial charge in [-0.05, 0) is 43.3 Å². The molecule has 1 N–H and O–H groups in total. The number of carbonyl (C=O) groups is 1. The van der Waals surface area contributed by atoms with E-state index in [1.54, 1.807) is 31.1 Å². The Balaban J connectivity index is 2.04. The van der Waals surface area contributed by atoms with Crippen molar-refractivity contribution in [3.05, 3.63) is 80.7 Å². The summed E-state index contributed by atoms with van der Waals surface area (Å²) in [6.45, 7) is 1.51. The van der Waals surface area contributed by atoms with Crippen molar-refractivity contribution in [2.75, 3.05) is 24.3 Å². The first-order chi connectivity index (χ1) is 14.5. The van der Waals surface area contributed by atoms with Crippen molar-refractivity contribution in [2.24, 2.45) is 0 Å². The lowest BCUT2D eigenvalue weighted by molar-refractivity contribution is -0.137. The second-order valence-corrected chi connectivity index (χ2v) is 7.40. The number of anilines is 2. The van der Waals surface area contributed by atoms with Gasteiger partial charge in [-0.25, -0.2) is 4.68 Å². The predicted octanol–water partition coefficient (Wildman–Crippen LogP) is 4.53. The molecular formula is C21H18ClF3N4O2. The summed E-state index contributed by atoms with van der Waals surface area (Å²) >= 11 is 6.02. The highest BCUT2D eigenvalue weighted by molar-refractivity contribution is 6.31. The largest absolute Gasteiger partial charge is 0.416 e. The Hall–Kier alpha value is -3.33. The second-order valence-electron chi connectivity index (χ2n) is 6.97. The zero-order chi connectivity index (χ0) is 22.9. The molecule has 0 aliphatic carbocycles. The number of alkyl halides is 3. The Labute approximate surface area is 180 Å². The zero-order valence-electron chi connectivity index (χ0n) is 16.8. The van der Waals surface area contributed by atoms with Crippen LogP contribution in [0.15, 0.2) is 53.3 Å². The van der Waals surface area contributed by atoms with Gasteiger partial charge >= 0.3 is 6.18 Å². The van der Waals surface area contributed by atoms with Gasteiger partial charge in [-0.3, -0.25) is 9.59 Å². The van der Waals surface area contributed by atoms with Gasteiger partial charge in [0.15, 0.2) is 5.69 Å². The lowest BCUT2D eigenvalue weighted by atomic mass is 10.2. The number of amides is 1. The van der Waals surface area contributed by atoms with E-state index in [1.165, 1.54) is 25.1 Å². The number of halogens is 4. The molecule has 0 atom stereocenters. The van der Waals surface area contributed by atoms with E-state index < -0.39 is 28.8 Å². The topological polar surface area (TPSA) is 67.2 Å². The summed E-state index contributed by atoms with van der Waals surface area (Å²) in [6.07, 6.45) is -4.54. The average Bonchev–Trinajstić information content (AvgIpc) is 2.67. The lowest BCUT2D eigenvalue weighted by Crippen LogP contribution is -2.27. The van der Waals surface area contributed by atoms with Crippen LogP contribution >= 0.6 is 11.6 Å².